The van der Waals surface area contributed by atoms with Gasteiger partial charge >= 0.3 is 6.09 Å². The zero-order valence-corrected chi connectivity index (χ0v) is 8.12. The molecule has 1 aliphatic heterocycles. The van der Waals surface area contributed by atoms with E-state index in [0.717, 1.165) is 6.42 Å². The molecule has 1 amide bonds. The van der Waals surface area contributed by atoms with Crippen molar-refractivity contribution in [3.05, 3.63) is 0 Å². The van der Waals surface area contributed by atoms with Crippen molar-refractivity contribution in [1.82, 2.24) is 10.3 Å². The summed E-state index contributed by atoms with van der Waals surface area (Å²) in [7, 11) is 1.40. The predicted molar refractivity (Wildman–Crippen MR) is 48.9 cm³/mol. The molecular weight excluding hydrogens is 170 g/mol. The number of likely N-dealkylation sites (tertiary alicyclic amines) is 1. The summed E-state index contributed by atoms with van der Waals surface area (Å²) in [6.45, 7) is 3.49. The number of carbonyl (C=O) groups is 1. The van der Waals surface area contributed by atoms with Gasteiger partial charge in [0.25, 0.3) is 0 Å². The third kappa shape index (κ3) is 2.32. The lowest BCUT2D eigenvalue weighted by molar-refractivity contribution is 0.0944. The Hall–Kier alpha value is -0.810. The summed E-state index contributed by atoms with van der Waals surface area (Å²) in [4.78, 5) is 12.9. The molecule has 1 fully saturated rings. The molecule has 1 aliphatic rings. The minimum Gasteiger partial charge on any atom is -0.453 e. The average molecular weight is 187 g/mol. The number of amides is 1. The van der Waals surface area contributed by atoms with Gasteiger partial charge in [-0.2, -0.15) is 0 Å². The van der Waals surface area contributed by atoms with E-state index < -0.39 is 0 Å². The molecule has 1 heterocycles. The number of hydrogen-bond donors (Lipinski definition) is 2. The molecule has 0 saturated carbocycles. The summed E-state index contributed by atoms with van der Waals surface area (Å²) in [6, 6.07) is 0.306. The number of methoxy groups -OCH3 is 1. The van der Waals surface area contributed by atoms with Gasteiger partial charge in [0.2, 0.25) is 0 Å². The highest BCUT2D eigenvalue weighted by molar-refractivity contribution is 5.67. The number of carbonyl (C=O) groups excluding carboxylic acids is 1. The molecular formula is C8H17N3O2. The van der Waals surface area contributed by atoms with Gasteiger partial charge in [-0.15, -0.1) is 0 Å². The first-order chi connectivity index (χ1) is 6.19. The average Bonchev–Trinajstić information content (AvgIpc) is 2.16. The zero-order valence-electron chi connectivity index (χ0n) is 8.12. The number of nitrogens with two attached hydrogens (primary N) is 1. The Labute approximate surface area is 78.2 Å². The van der Waals surface area contributed by atoms with Crippen LogP contribution in [0.1, 0.15) is 13.3 Å². The summed E-state index contributed by atoms with van der Waals surface area (Å²) in [6.07, 6.45) is 0.634. The second kappa shape index (κ2) is 4.43. The lowest BCUT2D eigenvalue weighted by Gasteiger charge is -2.35. The molecule has 3 N–H and O–H groups in total. The molecule has 5 heteroatoms. The first-order valence-corrected chi connectivity index (χ1v) is 4.48. The van der Waals surface area contributed by atoms with Crippen LogP contribution in [0.15, 0.2) is 0 Å². The van der Waals surface area contributed by atoms with E-state index in [2.05, 4.69) is 17.1 Å². The second-order valence-electron chi connectivity index (χ2n) is 3.46. The van der Waals surface area contributed by atoms with Gasteiger partial charge in [-0.25, -0.2) is 4.79 Å². The van der Waals surface area contributed by atoms with Crippen LogP contribution in [-0.4, -0.2) is 37.2 Å². The van der Waals surface area contributed by atoms with E-state index in [1.54, 1.807) is 4.90 Å². The Morgan fingerprint density at radius 1 is 1.69 bits per heavy atom. The van der Waals surface area contributed by atoms with E-state index in [4.69, 9.17) is 5.84 Å². The molecule has 0 bridgehead atoms. The van der Waals surface area contributed by atoms with E-state index in [0.29, 0.717) is 25.0 Å². The van der Waals surface area contributed by atoms with E-state index in [1.165, 1.54) is 7.11 Å². The number of nitrogens with zero attached hydrogens (tertiary/aromatic N) is 1. The van der Waals surface area contributed by atoms with Gasteiger partial charge in [0, 0.05) is 19.1 Å². The molecule has 0 spiro atoms. The fourth-order valence-electron chi connectivity index (χ4n) is 1.69. The van der Waals surface area contributed by atoms with Crippen LogP contribution in [0.4, 0.5) is 4.79 Å². The van der Waals surface area contributed by atoms with Crippen molar-refractivity contribution in [3.63, 3.8) is 0 Å². The minimum atomic E-state index is -0.248. The van der Waals surface area contributed by atoms with Gasteiger partial charge < -0.3 is 9.64 Å². The van der Waals surface area contributed by atoms with E-state index in [9.17, 15) is 4.79 Å². The third-order valence-electron chi connectivity index (χ3n) is 2.55. The molecule has 0 aromatic rings. The van der Waals surface area contributed by atoms with Gasteiger partial charge in [-0.3, -0.25) is 11.3 Å². The topological polar surface area (TPSA) is 67.6 Å². The number of hydrazine groups is 1. The van der Waals surface area contributed by atoms with Crippen LogP contribution < -0.4 is 11.3 Å². The van der Waals surface area contributed by atoms with Crippen molar-refractivity contribution < 1.29 is 9.53 Å². The predicted octanol–water partition coefficient (Wildman–Crippen LogP) is -0.0735. The quantitative estimate of drug-likeness (QED) is 0.445. The molecule has 5 nitrogen and oxygen atoms in total. The Morgan fingerprint density at radius 3 is 2.85 bits per heavy atom. The monoisotopic (exact) mass is 187 g/mol. The molecule has 1 rings (SSSR count). The van der Waals surface area contributed by atoms with Crippen LogP contribution in [0, 0.1) is 5.92 Å². The minimum absolute atomic E-state index is 0.248. The molecule has 13 heavy (non-hydrogen) atoms. The molecule has 76 valence electrons. The summed E-state index contributed by atoms with van der Waals surface area (Å²) in [5, 5.41) is 0. The summed E-state index contributed by atoms with van der Waals surface area (Å²) >= 11 is 0. The number of ether oxygens (including phenoxy) is 1. The van der Waals surface area contributed by atoms with Crippen molar-refractivity contribution in [1.29, 1.82) is 0 Å². The van der Waals surface area contributed by atoms with Gasteiger partial charge in [-0.1, -0.05) is 6.92 Å². The van der Waals surface area contributed by atoms with Crippen molar-refractivity contribution in [3.8, 4) is 0 Å². The molecule has 0 radical (unpaired) electrons. The van der Waals surface area contributed by atoms with Crippen LogP contribution in [0.5, 0.6) is 0 Å². The van der Waals surface area contributed by atoms with E-state index >= 15 is 0 Å². The highest BCUT2D eigenvalue weighted by Crippen LogP contribution is 2.16. The highest BCUT2D eigenvalue weighted by Gasteiger charge is 2.28. The maximum atomic E-state index is 11.2. The SMILES string of the molecule is COC(=O)N1CCC(NN)C(C)C1. The van der Waals surface area contributed by atoms with Crippen LogP contribution in [0.2, 0.25) is 0 Å². The van der Waals surface area contributed by atoms with Crippen molar-refractivity contribution in [2.24, 2.45) is 11.8 Å². The highest BCUT2D eigenvalue weighted by atomic mass is 16.5. The number of piperidine rings is 1. The number of rotatable bonds is 1. The van der Waals surface area contributed by atoms with Crippen molar-refractivity contribution in [2.45, 2.75) is 19.4 Å². The normalized spacial score (nSPS) is 28.7. The van der Waals surface area contributed by atoms with Gasteiger partial charge in [0.1, 0.15) is 0 Å². The Bertz CT molecular complexity index is 186. The van der Waals surface area contributed by atoms with Crippen molar-refractivity contribution >= 4 is 6.09 Å². The third-order valence-corrected chi connectivity index (χ3v) is 2.55. The summed E-state index contributed by atoms with van der Waals surface area (Å²) in [5.41, 5.74) is 2.75. The molecule has 1 saturated heterocycles. The largest absolute Gasteiger partial charge is 0.453 e. The van der Waals surface area contributed by atoms with Crippen LogP contribution in [-0.2, 0) is 4.74 Å². The lowest BCUT2D eigenvalue weighted by atomic mass is 9.95. The van der Waals surface area contributed by atoms with Gasteiger partial charge in [0.05, 0.1) is 7.11 Å². The molecule has 0 aromatic heterocycles. The standard InChI is InChI=1S/C8H17N3O2/c1-6-5-11(8(12)13-2)4-3-7(6)10-9/h6-7,10H,3-5,9H2,1-2H3. The fourth-order valence-corrected chi connectivity index (χ4v) is 1.69. The Morgan fingerprint density at radius 2 is 2.38 bits per heavy atom. The molecule has 2 atom stereocenters. The van der Waals surface area contributed by atoms with E-state index in [-0.39, 0.29) is 6.09 Å². The van der Waals surface area contributed by atoms with Crippen molar-refractivity contribution in [2.75, 3.05) is 20.2 Å². The maximum absolute atomic E-state index is 11.2. The summed E-state index contributed by atoms with van der Waals surface area (Å²) < 4.78 is 4.64. The number of nitrogens with one attached hydrogen (secondary N) is 1. The Kier molecular flexibility index (Phi) is 3.50. The van der Waals surface area contributed by atoms with Crippen LogP contribution in [0.25, 0.3) is 0 Å². The first-order valence-electron chi connectivity index (χ1n) is 4.48. The van der Waals surface area contributed by atoms with Crippen LogP contribution in [0.3, 0.4) is 0 Å². The van der Waals surface area contributed by atoms with Gasteiger partial charge in [-0.05, 0) is 12.3 Å². The second-order valence-corrected chi connectivity index (χ2v) is 3.46. The maximum Gasteiger partial charge on any atom is 0.409 e. The zero-order chi connectivity index (χ0) is 9.84. The number of hydrogen-bond acceptors (Lipinski definition) is 4. The fraction of sp³-hybridized carbons (Fsp3) is 0.875. The molecule has 2 unspecified atom stereocenters. The molecule has 0 aromatic carbocycles. The first kappa shape index (κ1) is 10.3. The van der Waals surface area contributed by atoms with E-state index in [1.807, 2.05) is 0 Å². The van der Waals surface area contributed by atoms with Gasteiger partial charge in [0.15, 0.2) is 0 Å². The Balaban J connectivity index is 2.45. The summed E-state index contributed by atoms with van der Waals surface area (Å²) in [5.74, 6) is 5.74. The lowest BCUT2D eigenvalue weighted by Crippen LogP contribution is -2.51. The molecule has 0 aliphatic carbocycles. The smallest absolute Gasteiger partial charge is 0.409 e. The van der Waals surface area contributed by atoms with Crippen LogP contribution >= 0.6 is 0 Å².